The second kappa shape index (κ2) is 3.77. The predicted molar refractivity (Wildman–Crippen MR) is 55.0 cm³/mol. The van der Waals surface area contributed by atoms with Gasteiger partial charge in [0.2, 0.25) is 0 Å². The van der Waals surface area contributed by atoms with Crippen molar-refractivity contribution in [3.8, 4) is 0 Å². The molecule has 1 unspecified atom stereocenters. The van der Waals surface area contributed by atoms with Crippen molar-refractivity contribution >= 4 is 11.0 Å². The molecule has 4 nitrogen and oxygen atoms in total. The van der Waals surface area contributed by atoms with Crippen LogP contribution in [0.4, 0.5) is 0 Å². The number of aromatic nitrogens is 2. The standard InChI is InChI=1S/C10H13N3O/c1-11-6-9(14)8-5-13-10-7(8)3-2-4-12-10/h2-5,9,11,14H,6H2,1H3,(H,12,13). The first kappa shape index (κ1) is 9.18. The van der Waals surface area contributed by atoms with Crippen molar-refractivity contribution in [1.29, 1.82) is 0 Å². The highest BCUT2D eigenvalue weighted by molar-refractivity contribution is 5.79. The molecule has 4 heteroatoms. The number of likely N-dealkylation sites (N-methyl/N-ethyl adjacent to an activating group) is 1. The lowest BCUT2D eigenvalue weighted by molar-refractivity contribution is 0.179. The van der Waals surface area contributed by atoms with Gasteiger partial charge in [0, 0.05) is 29.9 Å². The van der Waals surface area contributed by atoms with E-state index in [9.17, 15) is 5.11 Å². The van der Waals surface area contributed by atoms with Gasteiger partial charge in [-0.3, -0.25) is 0 Å². The molecule has 0 saturated carbocycles. The van der Waals surface area contributed by atoms with Gasteiger partial charge in [0.05, 0.1) is 6.10 Å². The minimum absolute atomic E-state index is 0.488. The van der Waals surface area contributed by atoms with Gasteiger partial charge in [-0.15, -0.1) is 0 Å². The zero-order valence-electron chi connectivity index (χ0n) is 7.99. The maximum atomic E-state index is 9.80. The van der Waals surface area contributed by atoms with Gasteiger partial charge in [0.25, 0.3) is 0 Å². The van der Waals surface area contributed by atoms with Crippen molar-refractivity contribution in [1.82, 2.24) is 15.3 Å². The van der Waals surface area contributed by atoms with E-state index in [1.165, 1.54) is 0 Å². The summed E-state index contributed by atoms with van der Waals surface area (Å²) >= 11 is 0. The lowest BCUT2D eigenvalue weighted by Crippen LogP contribution is -2.16. The number of fused-ring (bicyclic) bond motifs is 1. The molecule has 2 heterocycles. The van der Waals surface area contributed by atoms with E-state index in [1.807, 2.05) is 19.2 Å². The molecule has 0 saturated heterocycles. The highest BCUT2D eigenvalue weighted by Gasteiger charge is 2.11. The molecule has 1 atom stereocenters. The third-order valence-electron chi connectivity index (χ3n) is 2.24. The Morgan fingerprint density at radius 1 is 1.64 bits per heavy atom. The van der Waals surface area contributed by atoms with Crippen LogP contribution in [-0.4, -0.2) is 28.7 Å². The number of rotatable bonds is 3. The van der Waals surface area contributed by atoms with E-state index in [4.69, 9.17) is 0 Å². The Bertz CT molecular complexity index is 424. The number of hydrogen-bond donors (Lipinski definition) is 3. The first-order valence-electron chi connectivity index (χ1n) is 4.57. The molecule has 2 aromatic rings. The Morgan fingerprint density at radius 2 is 2.50 bits per heavy atom. The number of aliphatic hydroxyl groups is 1. The van der Waals surface area contributed by atoms with Crippen LogP contribution in [-0.2, 0) is 0 Å². The molecule has 2 aromatic heterocycles. The summed E-state index contributed by atoms with van der Waals surface area (Å²) in [6.07, 6.45) is 3.05. The van der Waals surface area contributed by atoms with E-state index in [1.54, 1.807) is 12.4 Å². The van der Waals surface area contributed by atoms with Crippen molar-refractivity contribution in [2.24, 2.45) is 0 Å². The van der Waals surface area contributed by atoms with Gasteiger partial charge in [-0.1, -0.05) is 0 Å². The molecule has 74 valence electrons. The van der Waals surface area contributed by atoms with Crippen molar-refractivity contribution in [3.05, 3.63) is 30.1 Å². The van der Waals surface area contributed by atoms with Gasteiger partial charge in [0.1, 0.15) is 5.65 Å². The maximum Gasteiger partial charge on any atom is 0.137 e. The van der Waals surface area contributed by atoms with E-state index in [0.29, 0.717) is 6.54 Å². The fraction of sp³-hybridized carbons (Fsp3) is 0.300. The second-order valence-corrected chi connectivity index (χ2v) is 3.22. The molecule has 0 aliphatic rings. The Morgan fingerprint density at radius 3 is 3.29 bits per heavy atom. The van der Waals surface area contributed by atoms with E-state index < -0.39 is 6.10 Å². The molecule has 0 radical (unpaired) electrons. The van der Waals surface area contributed by atoms with Gasteiger partial charge in [-0.05, 0) is 19.2 Å². The number of pyridine rings is 1. The molecule has 3 N–H and O–H groups in total. The summed E-state index contributed by atoms with van der Waals surface area (Å²) in [5.41, 5.74) is 1.71. The summed E-state index contributed by atoms with van der Waals surface area (Å²) < 4.78 is 0. The topological polar surface area (TPSA) is 60.9 Å². The third kappa shape index (κ3) is 1.49. The molecule has 0 bridgehead atoms. The van der Waals surface area contributed by atoms with Crippen LogP contribution in [0.25, 0.3) is 11.0 Å². The van der Waals surface area contributed by atoms with Gasteiger partial charge < -0.3 is 15.4 Å². The molecule has 0 aromatic carbocycles. The summed E-state index contributed by atoms with van der Waals surface area (Å²) in [7, 11) is 1.82. The molecular formula is C10H13N3O. The highest BCUT2D eigenvalue weighted by Crippen LogP contribution is 2.21. The SMILES string of the molecule is CNCC(O)c1c[nH]c2ncccc12. The zero-order valence-corrected chi connectivity index (χ0v) is 7.99. The molecule has 2 rings (SSSR count). The first-order valence-corrected chi connectivity index (χ1v) is 4.57. The molecule has 0 fully saturated rings. The lowest BCUT2D eigenvalue weighted by Gasteiger charge is -2.07. The summed E-state index contributed by atoms with van der Waals surface area (Å²) in [5, 5.41) is 13.7. The number of nitrogens with zero attached hydrogens (tertiary/aromatic N) is 1. The minimum atomic E-state index is -0.488. The fourth-order valence-electron chi connectivity index (χ4n) is 1.56. The van der Waals surface area contributed by atoms with E-state index in [-0.39, 0.29) is 0 Å². The van der Waals surface area contributed by atoms with Crippen LogP contribution < -0.4 is 5.32 Å². The second-order valence-electron chi connectivity index (χ2n) is 3.22. The molecule has 0 amide bonds. The molecule has 0 spiro atoms. The molecule has 0 aliphatic carbocycles. The number of aliphatic hydroxyl groups excluding tert-OH is 1. The summed E-state index contributed by atoms with van der Waals surface area (Å²) in [6, 6.07) is 3.82. The average molecular weight is 191 g/mol. The van der Waals surface area contributed by atoms with E-state index in [2.05, 4.69) is 15.3 Å². The maximum absolute atomic E-state index is 9.80. The lowest BCUT2D eigenvalue weighted by atomic mass is 10.1. The predicted octanol–water partition coefficient (Wildman–Crippen LogP) is 0.816. The van der Waals surface area contributed by atoms with Crippen LogP contribution in [0, 0.1) is 0 Å². The van der Waals surface area contributed by atoms with Crippen LogP contribution in [0.1, 0.15) is 11.7 Å². The highest BCUT2D eigenvalue weighted by atomic mass is 16.3. The quantitative estimate of drug-likeness (QED) is 0.673. The molecule has 14 heavy (non-hydrogen) atoms. The summed E-state index contributed by atoms with van der Waals surface area (Å²) in [6.45, 7) is 0.543. The van der Waals surface area contributed by atoms with Crippen molar-refractivity contribution in [2.45, 2.75) is 6.10 Å². The smallest absolute Gasteiger partial charge is 0.137 e. The van der Waals surface area contributed by atoms with Gasteiger partial charge >= 0.3 is 0 Å². The Balaban J connectivity index is 2.42. The van der Waals surface area contributed by atoms with Gasteiger partial charge in [-0.2, -0.15) is 0 Å². The van der Waals surface area contributed by atoms with E-state index >= 15 is 0 Å². The van der Waals surface area contributed by atoms with Crippen LogP contribution in [0.3, 0.4) is 0 Å². The summed E-state index contributed by atoms with van der Waals surface area (Å²) in [5.74, 6) is 0. The number of nitrogens with one attached hydrogen (secondary N) is 2. The van der Waals surface area contributed by atoms with Crippen LogP contribution in [0.5, 0.6) is 0 Å². The number of H-pyrrole nitrogens is 1. The van der Waals surface area contributed by atoms with Crippen molar-refractivity contribution < 1.29 is 5.11 Å². The van der Waals surface area contributed by atoms with E-state index in [0.717, 1.165) is 16.6 Å². The Kier molecular flexibility index (Phi) is 2.47. The van der Waals surface area contributed by atoms with Gasteiger partial charge in [0.15, 0.2) is 0 Å². The van der Waals surface area contributed by atoms with Crippen molar-refractivity contribution in [2.75, 3.05) is 13.6 Å². The van der Waals surface area contributed by atoms with Crippen LogP contribution in [0.2, 0.25) is 0 Å². The molecular weight excluding hydrogens is 178 g/mol. The van der Waals surface area contributed by atoms with Crippen molar-refractivity contribution in [3.63, 3.8) is 0 Å². The Hall–Kier alpha value is -1.39. The molecule has 0 aliphatic heterocycles. The largest absolute Gasteiger partial charge is 0.387 e. The fourth-order valence-corrected chi connectivity index (χ4v) is 1.56. The zero-order chi connectivity index (χ0) is 9.97. The number of aromatic amines is 1. The van der Waals surface area contributed by atoms with Crippen LogP contribution >= 0.6 is 0 Å². The normalized spacial score (nSPS) is 13.3. The average Bonchev–Trinajstić information content (AvgIpc) is 2.61. The monoisotopic (exact) mass is 191 g/mol. The minimum Gasteiger partial charge on any atom is -0.387 e. The third-order valence-corrected chi connectivity index (χ3v) is 2.24. The first-order chi connectivity index (χ1) is 6.83. The Labute approximate surface area is 82.0 Å². The summed E-state index contributed by atoms with van der Waals surface area (Å²) in [4.78, 5) is 7.19. The van der Waals surface area contributed by atoms with Crippen LogP contribution in [0.15, 0.2) is 24.5 Å². The number of hydrogen-bond acceptors (Lipinski definition) is 3. The van der Waals surface area contributed by atoms with Gasteiger partial charge in [-0.25, -0.2) is 4.98 Å².